The van der Waals surface area contributed by atoms with Crippen LogP contribution in [0.25, 0.3) is 0 Å². The number of amides is 1. The van der Waals surface area contributed by atoms with Gasteiger partial charge in [-0.3, -0.25) is 0 Å². The molecule has 3 fully saturated rings. The van der Waals surface area contributed by atoms with Crippen molar-refractivity contribution in [1.29, 1.82) is 0 Å². The Morgan fingerprint density at radius 2 is 2.06 bits per heavy atom. The second-order valence-electron chi connectivity index (χ2n) is 5.94. The van der Waals surface area contributed by atoms with Crippen LogP contribution in [0.15, 0.2) is 30.3 Å². The topological polar surface area (TPSA) is 29.5 Å². The Labute approximate surface area is 107 Å². The number of rotatable bonds is 1. The first-order valence-corrected chi connectivity index (χ1v) is 6.75. The Morgan fingerprint density at radius 3 is 2.72 bits per heavy atom. The minimum Gasteiger partial charge on any atom is -0.436 e. The first kappa shape index (κ1) is 10.4. The van der Waals surface area contributed by atoms with Crippen LogP contribution in [-0.4, -0.2) is 23.6 Å². The second-order valence-corrected chi connectivity index (χ2v) is 5.94. The average Bonchev–Trinajstić information content (AvgIpc) is 2.75. The highest BCUT2D eigenvalue weighted by Gasteiger charge is 2.62. The summed E-state index contributed by atoms with van der Waals surface area (Å²) in [6.45, 7) is 2.97. The molecule has 1 unspecified atom stereocenters. The van der Waals surface area contributed by atoms with E-state index in [9.17, 15) is 4.79 Å². The molecule has 3 aliphatic rings. The molecule has 0 bridgehead atoms. The smallest absolute Gasteiger partial charge is 0.411 e. The Hall–Kier alpha value is -1.51. The van der Waals surface area contributed by atoms with E-state index in [1.54, 1.807) is 0 Å². The van der Waals surface area contributed by atoms with E-state index >= 15 is 0 Å². The quantitative estimate of drug-likeness (QED) is 0.759. The molecule has 0 aromatic heterocycles. The van der Waals surface area contributed by atoms with Crippen molar-refractivity contribution >= 4 is 6.09 Å². The number of cyclic esters (lactones) is 1. The molecule has 1 amide bonds. The van der Waals surface area contributed by atoms with Gasteiger partial charge < -0.3 is 9.64 Å². The number of carbonyl (C=O) groups is 1. The lowest BCUT2D eigenvalue weighted by Crippen LogP contribution is -2.44. The van der Waals surface area contributed by atoms with Gasteiger partial charge in [-0.15, -0.1) is 0 Å². The number of hydrogen-bond acceptors (Lipinski definition) is 2. The van der Waals surface area contributed by atoms with E-state index in [1.165, 1.54) is 12.8 Å². The summed E-state index contributed by atoms with van der Waals surface area (Å²) in [5.41, 5.74) is 0.663. The fraction of sp³-hybridized carbons (Fsp3) is 0.533. The molecule has 0 N–H and O–H groups in total. The van der Waals surface area contributed by atoms with Crippen LogP contribution >= 0.6 is 0 Å². The molecule has 2 heterocycles. The largest absolute Gasteiger partial charge is 0.436 e. The summed E-state index contributed by atoms with van der Waals surface area (Å²) >= 11 is 0. The Balaban J connectivity index is 1.79. The number of benzene rings is 1. The van der Waals surface area contributed by atoms with Gasteiger partial charge >= 0.3 is 6.09 Å². The van der Waals surface area contributed by atoms with Crippen LogP contribution in [0.1, 0.15) is 25.3 Å². The highest BCUT2D eigenvalue weighted by Crippen LogP contribution is 2.54. The van der Waals surface area contributed by atoms with E-state index in [-0.39, 0.29) is 12.1 Å². The highest BCUT2D eigenvalue weighted by molar-refractivity contribution is 5.73. The van der Waals surface area contributed by atoms with Crippen molar-refractivity contribution in [2.24, 2.45) is 11.8 Å². The maximum Gasteiger partial charge on any atom is 0.411 e. The van der Waals surface area contributed by atoms with E-state index in [1.807, 2.05) is 23.1 Å². The summed E-state index contributed by atoms with van der Waals surface area (Å²) < 4.78 is 5.74. The molecule has 1 aromatic rings. The molecular formula is C15H17NO2. The van der Waals surface area contributed by atoms with Crippen molar-refractivity contribution in [2.75, 3.05) is 6.54 Å². The lowest BCUT2D eigenvalue weighted by Gasteiger charge is -2.38. The normalized spacial score (nSPS) is 41.1. The summed E-state index contributed by atoms with van der Waals surface area (Å²) in [5.74, 6) is 1.35. The zero-order valence-corrected chi connectivity index (χ0v) is 10.5. The molecule has 1 aromatic carbocycles. The van der Waals surface area contributed by atoms with Crippen molar-refractivity contribution in [3.63, 3.8) is 0 Å². The maximum atomic E-state index is 12.1. The fourth-order valence-electron chi connectivity index (χ4n) is 4.03. The molecular weight excluding hydrogens is 226 g/mol. The van der Waals surface area contributed by atoms with Crippen LogP contribution in [0.3, 0.4) is 0 Å². The fourth-order valence-corrected chi connectivity index (χ4v) is 4.03. The zero-order valence-electron chi connectivity index (χ0n) is 10.5. The van der Waals surface area contributed by atoms with Gasteiger partial charge in [-0.1, -0.05) is 30.3 Å². The van der Waals surface area contributed by atoms with Gasteiger partial charge in [-0.25, -0.2) is 4.79 Å². The van der Waals surface area contributed by atoms with Crippen molar-refractivity contribution in [2.45, 2.75) is 31.4 Å². The molecule has 4 atom stereocenters. The van der Waals surface area contributed by atoms with E-state index in [2.05, 4.69) is 19.1 Å². The first-order valence-electron chi connectivity index (χ1n) is 6.75. The molecule has 2 saturated heterocycles. The van der Waals surface area contributed by atoms with Crippen LogP contribution in [0.5, 0.6) is 0 Å². The summed E-state index contributed by atoms with van der Waals surface area (Å²) in [4.78, 5) is 14.0. The van der Waals surface area contributed by atoms with Crippen LogP contribution in [0, 0.1) is 11.8 Å². The maximum absolute atomic E-state index is 12.1. The van der Waals surface area contributed by atoms with Crippen LogP contribution in [0.2, 0.25) is 0 Å². The predicted octanol–water partition coefficient (Wildman–Crippen LogP) is 2.76. The highest BCUT2D eigenvalue weighted by atomic mass is 16.6. The van der Waals surface area contributed by atoms with E-state index in [0.29, 0.717) is 11.8 Å². The van der Waals surface area contributed by atoms with Crippen LogP contribution < -0.4 is 0 Å². The lowest BCUT2D eigenvalue weighted by molar-refractivity contribution is 0.0156. The van der Waals surface area contributed by atoms with Gasteiger partial charge in [-0.2, -0.15) is 0 Å². The minimum absolute atomic E-state index is 0.124. The van der Waals surface area contributed by atoms with Gasteiger partial charge in [0.25, 0.3) is 0 Å². The van der Waals surface area contributed by atoms with Crippen molar-refractivity contribution in [1.82, 2.24) is 4.90 Å². The average molecular weight is 243 g/mol. The first-order chi connectivity index (χ1) is 8.70. The molecule has 0 spiro atoms. The number of ether oxygens (including phenoxy) is 1. The Kier molecular flexibility index (Phi) is 1.90. The van der Waals surface area contributed by atoms with Crippen molar-refractivity contribution in [3.05, 3.63) is 35.9 Å². The van der Waals surface area contributed by atoms with Gasteiger partial charge in [0.1, 0.15) is 0 Å². The standard InChI is InChI=1S/C15H17NO2/c1-15(11-5-3-2-4-6-11)13-12-8-7-10(12)9-16(13)14(17)18-15/h2-6,10,12-13H,7-9H2,1H3/t10-,12-,13+,15?/m0/s1. The van der Waals surface area contributed by atoms with Gasteiger partial charge in [0.05, 0.1) is 6.04 Å². The number of nitrogens with zero attached hydrogens (tertiary/aromatic N) is 1. The zero-order chi connectivity index (χ0) is 12.3. The van der Waals surface area contributed by atoms with Crippen LogP contribution in [0.4, 0.5) is 4.79 Å². The van der Waals surface area contributed by atoms with Gasteiger partial charge in [-0.05, 0) is 37.2 Å². The van der Waals surface area contributed by atoms with E-state index in [4.69, 9.17) is 4.74 Å². The molecule has 3 heteroatoms. The summed E-state index contributed by atoms with van der Waals surface area (Å²) in [5, 5.41) is 0. The van der Waals surface area contributed by atoms with Gasteiger partial charge in [0.15, 0.2) is 5.60 Å². The third-order valence-corrected chi connectivity index (χ3v) is 5.09. The van der Waals surface area contributed by atoms with Gasteiger partial charge in [0, 0.05) is 6.54 Å². The summed E-state index contributed by atoms with van der Waals surface area (Å²) in [6, 6.07) is 10.4. The third kappa shape index (κ3) is 1.12. The molecule has 0 radical (unpaired) electrons. The summed E-state index contributed by atoms with van der Waals surface area (Å²) in [7, 11) is 0. The summed E-state index contributed by atoms with van der Waals surface area (Å²) in [6.07, 6.45) is 2.39. The molecule has 18 heavy (non-hydrogen) atoms. The molecule has 1 saturated carbocycles. The minimum atomic E-state index is -0.460. The van der Waals surface area contributed by atoms with E-state index < -0.39 is 5.60 Å². The predicted molar refractivity (Wildman–Crippen MR) is 67.0 cm³/mol. The number of carbonyl (C=O) groups excluding carboxylic acids is 1. The van der Waals surface area contributed by atoms with E-state index in [0.717, 1.165) is 12.1 Å². The van der Waals surface area contributed by atoms with Crippen LogP contribution in [-0.2, 0) is 10.3 Å². The lowest BCUT2D eigenvalue weighted by atomic mass is 9.68. The molecule has 2 aliphatic heterocycles. The Morgan fingerprint density at radius 1 is 1.28 bits per heavy atom. The Bertz CT molecular complexity index is 500. The van der Waals surface area contributed by atoms with Gasteiger partial charge in [0.2, 0.25) is 0 Å². The monoisotopic (exact) mass is 243 g/mol. The molecule has 1 aliphatic carbocycles. The van der Waals surface area contributed by atoms with Crippen molar-refractivity contribution < 1.29 is 9.53 Å². The molecule has 3 nitrogen and oxygen atoms in total. The number of fused-ring (bicyclic) bond motifs is 3. The SMILES string of the molecule is CC1(c2ccccc2)OC(=O)N2C[C@@H]3CC[C@@H]3[C@@H]21. The molecule has 4 rings (SSSR count). The third-order valence-electron chi connectivity index (χ3n) is 5.09. The number of hydrogen-bond donors (Lipinski definition) is 0. The van der Waals surface area contributed by atoms with Crippen molar-refractivity contribution in [3.8, 4) is 0 Å². The molecule has 94 valence electrons. The second kappa shape index (κ2) is 3.28.